The summed E-state index contributed by atoms with van der Waals surface area (Å²) in [5.41, 5.74) is 6.04. The number of carbonyl (C=O) groups excluding carboxylic acids is 1. The molecule has 0 unspecified atom stereocenters. The molecule has 0 atom stereocenters. The van der Waals surface area contributed by atoms with Crippen LogP contribution in [0.5, 0.6) is 0 Å². The highest BCUT2D eigenvalue weighted by atomic mass is 19.1. The molecule has 0 radical (unpaired) electrons. The fraction of sp³-hybridized carbons (Fsp3) is 0.364. The first-order valence-corrected chi connectivity index (χ1v) is 4.79. The van der Waals surface area contributed by atoms with E-state index in [9.17, 15) is 9.18 Å². The molecule has 0 heterocycles. The first-order valence-electron chi connectivity index (χ1n) is 4.79. The van der Waals surface area contributed by atoms with Crippen molar-refractivity contribution >= 4 is 11.7 Å². The van der Waals surface area contributed by atoms with Crippen molar-refractivity contribution in [1.82, 2.24) is 0 Å². The van der Waals surface area contributed by atoms with Gasteiger partial charge < -0.3 is 10.5 Å². The third-order valence-corrected chi connectivity index (χ3v) is 1.93. The number of benzene rings is 1. The van der Waals surface area contributed by atoms with E-state index >= 15 is 0 Å². The predicted molar refractivity (Wildman–Crippen MR) is 56.1 cm³/mol. The van der Waals surface area contributed by atoms with Gasteiger partial charge in [0.05, 0.1) is 17.9 Å². The van der Waals surface area contributed by atoms with E-state index in [1.165, 1.54) is 12.1 Å². The lowest BCUT2D eigenvalue weighted by Gasteiger charge is -2.07. The summed E-state index contributed by atoms with van der Waals surface area (Å²) in [6.45, 7) is 3.89. The van der Waals surface area contributed by atoms with Gasteiger partial charge in [-0.25, -0.2) is 9.18 Å². The Labute approximate surface area is 88.0 Å². The second-order valence-corrected chi connectivity index (χ2v) is 3.34. The maximum atomic E-state index is 13.2. The Balaban J connectivity index is 2.98. The molecule has 3 nitrogen and oxygen atoms in total. The maximum Gasteiger partial charge on any atom is 0.340 e. The molecular formula is C11H14FNO2. The fourth-order valence-electron chi connectivity index (χ4n) is 1.19. The number of anilines is 1. The molecule has 82 valence electrons. The molecule has 0 aliphatic carbocycles. The Bertz CT molecular complexity index is 377. The van der Waals surface area contributed by atoms with E-state index in [2.05, 4.69) is 0 Å². The standard InChI is InChI=1S/C11H14FNO2/c1-3-4-15-11(14)8-5-7(2)6-9(12)10(8)13/h5-6H,3-4,13H2,1-2H3. The number of hydrogen-bond acceptors (Lipinski definition) is 3. The number of hydrogen-bond donors (Lipinski definition) is 1. The number of nitrogens with two attached hydrogens (primary N) is 1. The number of aryl methyl sites for hydroxylation is 1. The van der Waals surface area contributed by atoms with Crippen LogP contribution in [0.25, 0.3) is 0 Å². The molecule has 1 aromatic rings. The van der Waals surface area contributed by atoms with E-state index < -0.39 is 11.8 Å². The van der Waals surface area contributed by atoms with E-state index in [-0.39, 0.29) is 11.3 Å². The van der Waals surface area contributed by atoms with Gasteiger partial charge >= 0.3 is 5.97 Å². The third-order valence-electron chi connectivity index (χ3n) is 1.93. The Morgan fingerprint density at radius 3 is 2.80 bits per heavy atom. The number of carbonyl (C=O) groups is 1. The summed E-state index contributed by atoms with van der Waals surface area (Å²) in [5.74, 6) is -1.16. The van der Waals surface area contributed by atoms with Crippen molar-refractivity contribution < 1.29 is 13.9 Å². The zero-order valence-electron chi connectivity index (χ0n) is 8.84. The third kappa shape index (κ3) is 2.68. The van der Waals surface area contributed by atoms with Crippen LogP contribution >= 0.6 is 0 Å². The van der Waals surface area contributed by atoms with E-state index in [4.69, 9.17) is 10.5 Å². The van der Waals surface area contributed by atoms with Crippen molar-refractivity contribution in [2.24, 2.45) is 0 Å². The summed E-state index contributed by atoms with van der Waals surface area (Å²) < 4.78 is 18.1. The quantitative estimate of drug-likeness (QED) is 0.616. The molecular weight excluding hydrogens is 197 g/mol. The van der Waals surface area contributed by atoms with E-state index in [1.54, 1.807) is 6.92 Å². The molecule has 0 saturated carbocycles. The molecule has 0 bridgehead atoms. The summed E-state index contributed by atoms with van der Waals surface area (Å²) in [6, 6.07) is 2.81. The monoisotopic (exact) mass is 211 g/mol. The lowest BCUT2D eigenvalue weighted by atomic mass is 10.1. The van der Waals surface area contributed by atoms with E-state index in [0.717, 1.165) is 6.42 Å². The molecule has 15 heavy (non-hydrogen) atoms. The highest BCUT2D eigenvalue weighted by Crippen LogP contribution is 2.19. The average molecular weight is 211 g/mol. The van der Waals surface area contributed by atoms with Crippen LogP contribution in [0.2, 0.25) is 0 Å². The molecule has 0 aliphatic rings. The predicted octanol–water partition coefficient (Wildman–Crippen LogP) is 2.28. The van der Waals surface area contributed by atoms with Crippen LogP contribution in [0.3, 0.4) is 0 Å². The largest absolute Gasteiger partial charge is 0.462 e. The molecule has 0 aromatic heterocycles. The number of halogens is 1. The number of ether oxygens (including phenoxy) is 1. The zero-order chi connectivity index (χ0) is 11.4. The van der Waals surface area contributed by atoms with Gasteiger partial charge in [-0.15, -0.1) is 0 Å². The van der Waals surface area contributed by atoms with Crippen LogP contribution < -0.4 is 5.73 Å². The SMILES string of the molecule is CCCOC(=O)c1cc(C)cc(F)c1N. The molecule has 2 N–H and O–H groups in total. The van der Waals surface area contributed by atoms with Gasteiger partial charge in [0.25, 0.3) is 0 Å². The second-order valence-electron chi connectivity index (χ2n) is 3.34. The minimum absolute atomic E-state index is 0.0981. The van der Waals surface area contributed by atoms with Crippen molar-refractivity contribution in [1.29, 1.82) is 0 Å². The first-order chi connectivity index (χ1) is 7.06. The van der Waals surface area contributed by atoms with Crippen molar-refractivity contribution in [3.63, 3.8) is 0 Å². The van der Waals surface area contributed by atoms with E-state index in [1.807, 2.05) is 6.92 Å². The van der Waals surface area contributed by atoms with Gasteiger partial charge in [-0.05, 0) is 31.0 Å². The maximum absolute atomic E-state index is 13.2. The highest BCUT2D eigenvalue weighted by molar-refractivity contribution is 5.95. The topological polar surface area (TPSA) is 52.3 Å². The lowest BCUT2D eigenvalue weighted by molar-refractivity contribution is 0.0506. The molecule has 0 fully saturated rings. The molecule has 4 heteroatoms. The normalized spacial score (nSPS) is 10.1. The molecule has 0 spiro atoms. The van der Waals surface area contributed by atoms with Crippen LogP contribution in [0.4, 0.5) is 10.1 Å². The van der Waals surface area contributed by atoms with Crippen LogP contribution in [0, 0.1) is 12.7 Å². The molecule has 0 aliphatic heterocycles. The molecule has 0 amide bonds. The van der Waals surface area contributed by atoms with E-state index in [0.29, 0.717) is 12.2 Å². The van der Waals surface area contributed by atoms with Crippen molar-refractivity contribution in [3.05, 3.63) is 29.1 Å². The number of nitrogen functional groups attached to an aromatic ring is 1. The lowest BCUT2D eigenvalue weighted by Crippen LogP contribution is -2.10. The summed E-state index contributed by atoms with van der Waals surface area (Å²) >= 11 is 0. The highest BCUT2D eigenvalue weighted by Gasteiger charge is 2.14. The fourth-order valence-corrected chi connectivity index (χ4v) is 1.19. The summed E-state index contributed by atoms with van der Waals surface area (Å²) in [6.07, 6.45) is 0.722. The minimum atomic E-state index is -0.585. The van der Waals surface area contributed by atoms with Crippen LogP contribution in [-0.4, -0.2) is 12.6 Å². The van der Waals surface area contributed by atoms with Crippen molar-refractivity contribution in [2.45, 2.75) is 20.3 Å². The summed E-state index contributed by atoms with van der Waals surface area (Å²) in [5, 5.41) is 0. The molecule has 1 aromatic carbocycles. The Morgan fingerprint density at radius 2 is 2.20 bits per heavy atom. The molecule has 1 rings (SSSR count). The Hall–Kier alpha value is -1.58. The van der Waals surface area contributed by atoms with Gasteiger partial charge in [-0.3, -0.25) is 0 Å². The van der Waals surface area contributed by atoms with Crippen LogP contribution in [0.15, 0.2) is 12.1 Å². The van der Waals surface area contributed by atoms with Gasteiger partial charge in [0.1, 0.15) is 5.82 Å². The van der Waals surface area contributed by atoms with Gasteiger partial charge in [-0.1, -0.05) is 6.92 Å². The minimum Gasteiger partial charge on any atom is -0.462 e. The van der Waals surface area contributed by atoms with Crippen molar-refractivity contribution in [2.75, 3.05) is 12.3 Å². The van der Waals surface area contributed by atoms with Gasteiger partial charge in [-0.2, -0.15) is 0 Å². The second kappa shape index (κ2) is 4.77. The first kappa shape index (κ1) is 11.5. The molecule has 0 saturated heterocycles. The van der Waals surface area contributed by atoms with Gasteiger partial charge in [0, 0.05) is 0 Å². The Kier molecular flexibility index (Phi) is 3.66. The smallest absolute Gasteiger partial charge is 0.340 e. The average Bonchev–Trinajstić information content (AvgIpc) is 2.19. The van der Waals surface area contributed by atoms with Crippen LogP contribution in [0.1, 0.15) is 29.3 Å². The van der Waals surface area contributed by atoms with Crippen LogP contribution in [-0.2, 0) is 4.74 Å². The summed E-state index contributed by atoms with van der Waals surface area (Å²) in [7, 11) is 0. The van der Waals surface area contributed by atoms with Gasteiger partial charge in [0.15, 0.2) is 0 Å². The zero-order valence-corrected chi connectivity index (χ0v) is 8.84. The number of rotatable bonds is 3. The van der Waals surface area contributed by atoms with Crippen molar-refractivity contribution in [3.8, 4) is 0 Å². The number of esters is 1. The van der Waals surface area contributed by atoms with Gasteiger partial charge in [0.2, 0.25) is 0 Å². The Morgan fingerprint density at radius 1 is 1.53 bits per heavy atom. The summed E-state index contributed by atoms with van der Waals surface area (Å²) in [4.78, 5) is 11.5.